The van der Waals surface area contributed by atoms with Crippen LogP contribution >= 0.6 is 0 Å². The number of aromatic amines is 1. The summed E-state index contributed by atoms with van der Waals surface area (Å²) in [4.78, 5) is 0. The molecule has 1 aliphatic carbocycles. The molecule has 0 amide bonds. The van der Waals surface area contributed by atoms with Crippen LogP contribution in [0.15, 0.2) is 37.6 Å². The molecule has 37 heavy (non-hydrogen) atoms. The second-order valence-electron chi connectivity index (χ2n) is 9.54. The molecule has 1 aromatic heterocycles. The van der Waals surface area contributed by atoms with E-state index in [9.17, 15) is 4.39 Å². The average molecular weight is 517 g/mol. The fourth-order valence-electron chi connectivity index (χ4n) is 5.59. The van der Waals surface area contributed by atoms with Crippen LogP contribution in [0, 0.1) is 24.6 Å². The van der Waals surface area contributed by atoms with E-state index in [4.69, 9.17) is 0 Å². The number of H-pyrrole nitrogens is 1. The van der Waals surface area contributed by atoms with E-state index in [1.807, 2.05) is 54.1 Å². The third kappa shape index (κ3) is 11.0. The van der Waals surface area contributed by atoms with Crippen LogP contribution in [0.1, 0.15) is 115 Å². The summed E-state index contributed by atoms with van der Waals surface area (Å²) in [5.74, 6) is 2.25. The molecule has 2 aromatic rings. The molecule has 0 saturated heterocycles. The smallest absolute Gasteiger partial charge is 0.128 e. The van der Waals surface area contributed by atoms with Gasteiger partial charge in [0.15, 0.2) is 0 Å². The summed E-state index contributed by atoms with van der Waals surface area (Å²) in [6.07, 6.45) is 11.4. The van der Waals surface area contributed by atoms with Crippen molar-refractivity contribution in [3.05, 3.63) is 60.2 Å². The first kappa shape index (κ1) is 34.9. The largest absolute Gasteiger partial charge is 0.388 e. The Morgan fingerprint density at radius 2 is 1.68 bits per heavy atom. The van der Waals surface area contributed by atoms with Gasteiger partial charge < -0.3 is 10.6 Å². The third-order valence-corrected chi connectivity index (χ3v) is 7.49. The van der Waals surface area contributed by atoms with Crippen LogP contribution in [0.4, 0.5) is 10.1 Å². The molecule has 212 valence electrons. The van der Waals surface area contributed by atoms with Crippen molar-refractivity contribution in [3.8, 4) is 0 Å². The molecule has 5 heteroatoms. The van der Waals surface area contributed by atoms with Crippen molar-refractivity contribution in [2.45, 2.75) is 105 Å². The number of anilines is 1. The summed E-state index contributed by atoms with van der Waals surface area (Å²) in [7, 11) is 3.93. The summed E-state index contributed by atoms with van der Waals surface area (Å²) < 4.78 is 14.7. The number of halogens is 1. The molecule has 2 unspecified atom stereocenters. The van der Waals surface area contributed by atoms with Crippen molar-refractivity contribution >= 4 is 5.69 Å². The molecule has 1 aromatic carbocycles. The molecule has 1 aliphatic rings. The molecule has 0 spiro atoms. The molecule has 0 aliphatic heterocycles. The van der Waals surface area contributed by atoms with Crippen molar-refractivity contribution in [2.75, 3.05) is 26.0 Å². The molecule has 3 rings (SSSR count). The number of rotatable bonds is 11. The maximum atomic E-state index is 14.7. The predicted molar refractivity (Wildman–Crippen MR) is 162 cm³/mol. The third-order valence-electron chi connectivity index (χ3n) is 7.49. The number of benzene rings is 1. The van der Waals surface area contributed by atoms with Gasteiger partial charge in [-0.15, -0.1) is 13.2 Å². The Bertz CT molecular complexity index is 797. The number of nitrogens with one attached hydrogen (secondary N) is 3. The highest BCUT2D eigenvalue weighted by molar-refractivity contribution is 5.58. The number of hydrogen-bond donors (Lipinski definition) is 3. The molecule has 2 atom stereocenters. The lowest BCUT2D eigenvalue weighted by Gasteiger charge is -2.32. The Morgan fingerprint density at radius 1 is 1.03 bits per heavy atom. The van der Waals surface area contributed by atoms with E-state index in [-0.39, 0.29) is 5.82 Å². The normalized spacial score (nSPS) is 18.1. The first-order valence-electron chi connectivity index (χ1n) is 14.7. The minimum atomic E-state index is -0.0454. The van der Waals surface area contributed by atoms with E-state index in [2.05, 4.69) is 53.9 Å². The van der Waals surface area contributed by atoms with Gasteiger partial charge in [-0.1, -0.05) is 47.1 Å². The summed E-state index contributed by atoms with van der Waals surface area (Å²) in [6.45, 7) is 19.5. The van der Waals surface area contributed by atoms with Crippen molar-refractivity contribution in [1.29, 1.82) is 0 Å². The molecule has 0 radical (unpaired) electrons. The minimum Gasteiger partial charge on any atom is -0.388 e. The lowest BCUT2D eigenvalue weighted by atomic mass is 9.74. The second kappa shape index (κ2) is 20.9. The zero-order chi connectivity index (χ0) is 28.2. The highest BCUT2D eigenvalue weighted by Gasteiger charge is 2.28. The Morgan fingerprint density at radius 3 is 2.22 bits per heavy atom. The van der Waals surface area contributed by atoms with Gasteiger partial charge in [0.05, 0.1) is 0 Å². The van der Waals surface area contributed by atoms with E-state index >= 15 is 0 Å². The van der Waals surface area contributed by atoms with Gasteiger partial charge in [0.1, 0.15) is 5.82 Å². The highest BCUT2D eigenvalue weighted by Crippen LogP contribution is 2.43. The van der Waals surface area contributed by atoms with Gasteiger partial charge in [-0.25, -0.2) is 4.39 Å². The Labute approximate surface area is 228 Å². The standard InChI is InChI=1S/C26H41FN4.2C2H6.C2H4/c1-18(22(6-5-16-28-3)24-15-17-30-31-24)7-9-20-10-12-21(13-11-20)25-23(27)14-8-19(2)26(25)29-4;3*1-2/h8,14-15,17-18,20-22,28-29H,5-7,9-13,16H2,1-4H3,(H,30,31);2*1-2H3;1-2H2. The number of nitrogens with zero attached hydrogens (tertiary/aromatic N) is 1. The van der Waals surface area contributed by atoms with Crippen LogP contribution in [0.25, 0.3) is 0 Å². The van der Waals surface area contributed by atoms with Gasteiger partial charge in [-0.05, 0) is 101 Å². The Balaban J connectivity index is 0.00000201. The van der Waals surface area contributed by atoms with Crippen molar-refractivity contribution in [1.82, 2.24) is 15.5 Å². The molecule has 3 N–H and O–H groups in total. The maximum absolute atomic E-state index is 14.7. The molecule has 0 bridgehead atoms. The SMILES string of the molecule is C=C.CC.CC.CNCCCC(c1ccn[nH]1)C(C)CCC1CCC(c2c(F)ccc(C)c2NC)CC1. The van der Waals surface area contributed by atoms with Crippen LogP contribution in [-0.4, -0.2) is 30.8 Å². The first-order chi connectivity index (χ1) is 18.0. The lowest BCUT2D eigenvalue weighted by Crippen LogP contribution is -2.18. The molecular weight excluding hydrogens is 459 g/mol. The number of hydrogen-bond acceptors (Lipinski definition) is 3. The van der Waals surface area contributed by atoms with E-state index in [1.165, 1.54) is 44.2 Å². The van der Waals surface area contributed by atoms with Gasteiger partial charge >= 0.3 is 0 Å². The van der Waals surface area contributed by atoms with E-state index in [0.29, 0.717) is 17.8 Å². The van der Waals surface area contributed by atoms with Gasteiger partial charge in [0, 0.05) is 36.1 Å². The highest BCUT2D eigenvalue weighted by atomic mass is 19.1. The van der Waals surface area contributed by atoms with Crippen molar-refractivity contribution in [2.24, 2.45) is 11.8 Å². The summed E-state index contributed by atoms with van der Waals surface area (Å²) in [6, 6.07) is 5.66. The number of aromatic nitrogens is 2. The van der Waals surface area contributed by atoms with Gasteiger partial charge in [-0.2, -0.15) is 5.10 Å². The molecular formula is C32H57FN4. The van der Waals surface area contributed by atoms with E-state index in [1.54, 1.807) is 6.07 Å². The van der Waals surface area contributed by atoms with E-state index < -0.39 is 0 Å². The van der Waals surface area contributed by atoms with Crippen LogP contribution in [0.5, 0.6) is 0 Å². The molecule has 1 heterocycles. The minimum absolute atomic E-state index is 0.0454. The predicted octanol–water partition coefficient (Wildman–Crippen LogP) is 9.23. The monoisotopic (exact) mass is 516 g/mol. The van der Waals surface area contributed by atoms with E-state index in [0.717, 1.165) is 42.1 Å². The zero-order valence-electron chi connectivity index (χ0n) is 25.2. The second-order valence-corrected chi connectivity index (χ2v) is 9.54. The Hall–Kier alpha value is -2.14. The summed E-state index contributed by atoms with van der Waals surface area (Å²) in [5.41, 5.74) is 4.33. The van der Waals surface area contributed by atoms with Gasteiger partial charge in [0.25, 0.3) is 0 Å². The molecule has 1 fully saturated rings. The fourth-order valence-corrected chi connectivity index (χ4v) is 5.59. The number of aryl methyl sites for hydroxylation is 1. The molecule has 4 nitrogen and oxygen atoms in total. The van der Waals surface area contributed by atoms with Gasteiger partial charge in [-0.3, -0.25) is 5.10 Å². The van der Waals surface area contributed by atoms with Crippen molar-refractivity contribution < 1.29 is 4.39 Å². The fraction of sp³-hybridized carbons (Fsp3) is 0.656. The lowest BCUT2D eigenvalue weighted by molar-refractivity contribution is 0.273. The Kier molecular flexibility index (Phi) is 19.7. The summed E-state index contributed by atoms with van der Waals surface area (Å²) >= 11 is 0. The van der Waals surface area contributed by atoms with Crippen LogP contribution < -0.4 is 10.6 Å². The topological polar surface area (TPSA) is 52.7 Å². The van der Waals surface area contributed by atoms with Crippen molar-refractivity contribution in [3.63, 3.8) is 0 Å². The zero-order valence-corrected chi connectivity index (χ0v) is 25.2. The van der Waals surface area contributed by atoms with Crippen LogP contribution in [0.2, 0.25) is 0 Å². The van der Waals surface area contributed by atoms with Crippen LogP contribution in [0.3, 0.4) is 0 Å². The molecule has 1 saturated carbocycles. The maximum Gasteiger partial charge on any atom is 0.128 e. The average Bonchev–Trinajstić information content (AvgIpc) is 3.49. The first-order valence-corrected chi connectivity index (χ1v) is 14.7. The quantitative estimate of drug-likeness (QED) is 0.206. The summed E-state index contributed by atoms with van der Waals surface area (Å²) in [5, 5.41) is 13.9. The van der Waals surface area contributed by atoms with Crippen LogP contribution in [-0.2, 0) is 0 Å². The van der Waals surface area contributed by atoms with Gasteiger partial charge in [0.2, 0.25) is 0 Å².